The van der Waals surface area contributed by atoms with Crippen LogP contribution in [-0.2, 0) is 4.74 Å². The maximum Gasteiger partial charge on any atom is 0.200 e. The zero-order chi connectivity index (χ0) is 4.24. The molecule has 0 spiro atoms. The van der Waals surface area contributed by atoms with Gasteiger partial charge in [-0.15, -0.1) is 0 Å². The molecule has 1 rings (SSSR count). The van der Waals surface area contributed by atoms with Gasteiger partial charge in [0.25, 0.3) is 0 Å². The van der Waals surface area contributed by atoms with Crippen LogP contribution in [0.2, 0.25) is 0 Å². The third-order valence-corrected chi connectivity index (χ3v) is 0.562. The zero-order valence-electron chi connectivity index (χ0n) is 3.35. The Balaban J connectivity index is 2.26. The van der Waals surface area contributed by atoms with E-state index in [2.05, 4.69) is 10.1 Å². The van der Waals surface area contributed by atoms with Gasteiger partial charge in [-0.05, 0) is 6.08 Å². The molecule has 0 bridgehead atoms. The Morgan fingerprint density at radius 1 is 1.67 bits per heavy atom. The Bertz CT molecular complexity index is 52.6. The van der Waals surface area contributed by atoms with Crippen LogP contribution in [0.15, 0.2) is 12.3 Å². The molecule has 1 N–H and O–H groups in total. The van der Waals surface area contributed by atoms with Crippen LogP contribution in [0.25, 0.3) is 0 Å². The van der Waals surface area contributed by atoms with Crippen molar-refractivity contribution < 1.29 is 4.74 Å². The van der Waals surface area contributed by atoms with Crippen molar-refractivity contribution in [2.45, 2.75) is 0 Å². The first-order chi connectivity index (χ1) is 3.00. The summed E-state index contributed by atoms with van der Waals surface area (Å²) in [5, 5.41) is 2.85. The number of hydrogen-bond acceptors (Lipinski definition) is 2. The molecule has 1 radical (unpaired) electrons. The summed E-state index contributed by atoms with van der Waals surface area (Å²) in [6.45, 7) is 2.44. The van der Waals surface area contributed by atoms with E-state index in [9.17, 15) is 0 Å². The van der Waals surface area contributed by atoms with E-state index in [4.69, 9.17) is 0 Å². The second kappa shape index (κ2) is 1.82. The summed E-state index contributed by atoms with van der Waals surface area (Å²) in [7, 11) is 0. The molecule has 1 heterocycles. The zero-order valence-corrected chi connectivity index (χ0v) is 3.35. The van der Waals surface area contributed by atoms with Crippen LogP contribution in [0.1, 0.15) is 0 Å². The minimum Gasteiger partial charge on any atom is -0.478 e. The normalized spacial score (nSPS) is 20.0. The molecule has 0 aromatic rings. The second-order valence-electron chi connectivity index (χ2n) is 1.03. The van der Waals surface area contributed by atoms with E-state index in [0.29, 0.717) is 0 Å². The molecule has 0 aromatic carbocycles. The predicted molar refractivity (Wildman–Crippen MR) is 22.5 cm³/mol. The highest BCUT2D eigenvalue weighted by molar-refractivity contribution is 4.81. The molecular formula is C4H6NO. The van der Waals surface area contributed by atoms with E-state index in [1.54, 1.807) is 13.0 Å². The van der Waals surface area contributed by atoms with Gasteiger partial charge in [0.1, 0.15) is 0 Å². The van der Waals surface area contributed by atoms with Crippen LogP contribution in [0.5, 0.6) is 0 Å². The highest BCUT2D eigenvalue weighted by atomic mass is 16.5. The molecule has 0 unspecified atom stereocenters. The summed E-state index contributed by atoms with van der Waals surface area (Å²) in [5.74, 6) is 0. The van der Waals surface area contributed by atoms with E-state index in [1.165, 1.54) is 0 Å². The Morgan fingerprint density at radius 3 is 2.83 bits per heavy atom. The maximum absolute atomic E-state index is 4.65. The molecule has 0 fully saturated rings. The summed E-state index contributed by atoms with van der Waals surface area (Å²) < 4.78 is 4.65. The lowest BCUT2D eigenvalue weighted by atomic mass is 10.6. The molecule has 0 amide bonds. The van der Waals surface area contributed by atoms with Gasteiger partial charge in [0, 0.05) is 6.54 Å². The fraction of sp³-hybridized carbons (Fsp3) is 0.250. The van der Waals surface area contributed by atoms with Crippen LogP contribution < -0.4 is 5.32 Å². The summed E-state index contributed by atoms with van der Waals surface area (Å²) in [6, 6.07) is 0. The number of ether oxygens (including phenoxy) is 1. The molecule has 6 heavy (non-hydrogen) atoms. The monoisotopic (exact) mass is 84.0 g/mol. The minimum absolute atomic E-state index is 0.889. The van der Waals surface area contributed by atoms with Crippen molar-refractivity contribution in [2.75, 3.05) is 6.54 Å². The van der Waals surface area contributed by atoms with Gasteiger partial charge in [0.2, 0.25) is 0 Å². The molecule has 2 nitrogen and oxygen atoms in total. The van der Waals surface area contributed by atoms with E-state index in [1.807, 2.05) is 6.08 Å². The standard InChI is InChI=1S/C4H6NO/c1-2-5-4-6-3-1/h1,3-5H,2H2. The van der Waals surface area contributed by atoms with Gasteiger partial charge < -0.3 is 4.74 Å². The first kappa shape index (κ1) is 3.68. The number of nitrogens with one attached hydrogen (secondary N) is 1. The maximum atomic E-state index is 4.65. The Kier molecular flexibility index (Phi) is 1.12. The van der Waals surface area contributed by atoms with Gasteiger partial charge in [-0.2, -0.15) is 0 Å². The number of hydrogen-bond donors (Lipinski definition) is 1. The molecule has 1 aliphatic rings. The molecule has 0 aromatic heterocycles. The highest BCUT2D eigenvalue weighted by Crippen LogP contribution is 1.84. The second-order valence-corrected chi connectivity index (χ2v) is 1.03. The lowest BCUT2D eigenvalue weighted by Crippen LogP contribution is -2.13. The van der Waals surface area contributed by atoms with E-state index >= 15 is 0 Å². The van der Waals surface area contributed by atoms with Crippen molar-refractivity contribution in [3.63, 3.8) is 0 Å². The highest BCUT2D eigenvalue weighted by Gasteiger charge is 1.85. The van der Waals surface area contributed by atoms with Crippen LogP contribution >= 0.6 is 0 Å². The topological polar surface area (TPSA) is 21.3 Å². The fourth-order valence-electron chi connectivity index (χ4n) is 0.307. The van der Waals surface area contributed by atoms with Gasteiger partial charge in [-0.25, -0.2) is 0 Å². The summed E-state index contributed by atoms with van der Waals surface area (Å²) in [4.78, 5) is 0. The van der Waals surface area contributed by atoms with Crippen LogP contribution in [0.4, 0.5) is 0 Å². The SMILES string of the molecule is [CH]1NCC=CO1. The van der Waals surface area contributed by atoms with Crippen molar-refractivity contribution in [2.24, 2.45) is 0 Å². The van der Waals surface area contributed by atoms with Gasteiger partial charge in [0.15, 0.2) is 6.73 Å². The van der Waals surface area contributed by atoms with Crippen LogP contribution in [0.3, 0.4) is 0 Å². The minimum atomic E-state index is 0.889. The van der Waals surface area contributed by atoms with Crippen molar-refractivity contribution in [1.29, 1.82) is 0 Å². The molecule has 0 aliphatic carbocycles. The first-order valence-electron chi connectivity index (χ1n) is 1.86. The smallest absolute Gasteiger partial charge is 0.200 e. The molecule has 1 aliphatic heterocycles. The van der Waals surface area contributed by atoms with E-state index in [0.717, 1.165) is 6.54 Å². The largest absolute Gasteiger partial charge is 0.478 e. The lowest BCUT2D eigenvalue weighted by Gasteiger charge is -2.03. The molecule has 0 saturated carbocycles. The van der Waals surface area contributed by atoms with Gasteiger partial charge in [-0.3, -0.25) is 5.32 Å². The van der Waals surface area contributed by atoms with Gasteiger partial charge in [0.05, 0.1) is 6.26 Å². The average Bonchev–Trinajstić information content (AvgIpc) is 1.72. The van der Waals surface area contributed by atoms with Crippen molar-refractivity contribution in [1.82, 2.24) is 5.32 Å². The van der Waals surface area contributed by atoms with Crippen molar-refractivity contribution in [3.05, 3.63) is 19.1 Å². The molecule has 0 saturated heterocycles. The molecule has 0 atom stereocenters. The van der Waals surface area contributed by atoms with Crippen molar-refractivity contribution >= 4 is 0 Å². The van der Waals surface area contributed by atoms with Gasteiger partial charge in [-0.1, -0.05) is 0 Å². The molecule has 2 heteroatoms. The quantitative estimate of drug-likeness (QED) is 0.454. The molecular weight excluding hydrogens is 78.0 g/mol. The van der Waals surface area contributed by atoms with Gasteiger partial charge >= 0.3 is 0 Å². The Hall–Kier alpha value is -0.500. The Labute approximate surface area is 36.8 Å². The van der Waals surface area contributed by atoms with E-state index < -0.39 is 0 Å². The predicted octanol–water partition coefficient (Wildman–Crippen LogP) is 0.239. The number of rotatable bonds is 0. The lowest BCUT2D eigenvalue weighted by molar-refractivity contribution is 0.290. The molecule has 33 valence electrons. The summed E-state index contributed by atoms with van der Waals surface area (Å²) in [6.07, 6.45) is 3.55. The summed E-state index contributed by atoms with van der Waals surface area (Å²) in [5.41, 5.74) is 0. The first-order valence-corrected chi connectivity index (χ1v) is 1.86. The van der Waals surface area contributed by atoms with Crippen molar-refractivity contribution in [3.8, 4) is 0 Å². The fourth-order valence-corrected chi connectivity index (χ4v) is 0.307. The van der Waals surface area contributed by atoms with Crippen LogP contribution in [0, 0.1) is 6.73 Å². The Morgan fingerprint density at radius 2 is 2.67 bits per heavy atom. The third kappa shape index (κ3) is 0.723. The van der Waals surface area contributed by atoms with E-state index in [-0.39, 0.29) is 0 Å². The average molecular weight is 84.1 g/mol. The van der Waals surface area contributed by atoms with Crippen LogP contribution in [-0.4, -0.2) is 6.54 Å². The third-order valence-electron chi connectivity index (χ3n) is 0.562. The summed E-state index contributed by atoms with van der Waals surface area (Å²) >= 11 is 0.